The molecule has 2 aromatic carbocycles. The maximum absolute atomic E-state index is 4.62. The smallest absolute Gasteiger partial charge is 0.358 e. The first kappa shape index (κ1) is 20.1. The molecule has 1 aliphatic heterocycles. The fourth-order valence-corrected chi connectivity index (χ4v) is 3.31. The zero-order valence-corrected chi connectivity index (χ0v) is 18.3. The molecule has 4 aromatic rings. The predicted molar refractivity (Wildman–Crippen MR) is 119 cm³/mol. The number of anilines is 2. The second-order valence-electron chi connectivity index (χ2n) is 6.77. The van der Waals surface area contributed by atoms with Crippen molar-refractivity contribution < 1.29 is 21.1 Å². The third-order valence-corrected chi connectivity index (χ3v) is 4.88. The largest absolute Gasteiger partial charge is 0.402 e. The van der Waals surface area contributed by atoms with E-state index in [1.807, 2.05) is 90.5 Å². The van der Waals surface area contributed by atoms with Crippen LogP contribution < -0.4 is 9.62 Å². The first-order valence-electron chi connectivity index (χ1n) is 9.50. The van der Waals surface area contributed by atoms with Gasteiger partial charge in [-0.3, -0.25) is 0 Å². The normalized spacial score (nSPS) is 12.4. The Labute approximate surface area is 191 Å². The van der Waals surface area contributed by atoms with Crippen LogP contribution in [-0.4, -0.2) is 17.5 Å². The molecule has 0 atom stereocenters. The van der Waals surface area contributed by atoms with Gasteiger partial charge in [0, 0.05) is 57.0 Å². The molecular formula is C24H18BN4Pt. The topological polar surface area (TPSA) is 32.3 Å². The Morgan fingerprint density at radius 2 is 0.933 bits per heavy atom. The Kier molecular flexibility index (Phi) is 6.11. The molecule has 3 heterocycles. The van der Waals surface area contributed by atoms with Crippen LogP contribution in [0.2, 0.25) is 0 Å². The van der Waals surface area contributed by atoms with Crippen molar-refractivity contribution >= 4 is 19.2 Å². The SMILES string of the molecule is [B]1N(c2ccc(-c3ccccc3)cn2)C=CN1c1ccc(-c2ccccc2)cn1.[Pt]. The van der Waals surface area contributed by atoms with Crippen LogP contribution in [0.4, 0.5) is 11.6 Å². The standard InChI is InChI=1S/C24H18BN4.Pt/c1-3-7-19(8-4-1)21-11-13-23(26-17-21)28-15-16-29(25-28)24-14-12-22(18-27-24)20-9-5-2-6-10-20;/h1-18H;. The molecule has 1 aliphatic rings. The van der Waals surface area contributed by atoms with Crippen molar-refractivity contribution in [1.82, 2.24) is 9.97 Å². The Hall–Kier alpha value is -3.17. The van der Waals surface area contributed by atoms with Crippen LogP contribution in [-0.2, 0) is 21.1 Å². The zero-order valence-electron chi connectivity index (χ0n) is 16.1. The number of hydrogen-bond donors (Lipinski definition) is 0. The van der Waals surface area contributed by atoms with Gasteiger partial charge in [0.25, 0.3) is 0 Å². The summed E-state index contributed by atoms with van der Waals surface area (Å²) in [5, 5.41) is 0. The first-order chi connectivity index (χ1) is 14.4. The Morgan fingerprint density at radius 1 is 0.500 bits per heavy atom. The summed E-state index contributed by atoms with van der Waals surface area (Å²) in [6, 6.07) is 28.8. The van der Waals surface area contributed by atoms with Crippen LogP contribution >= 0.6 is 0 Å². The van der Waals surface area contributed by atoms with E-state index in [0.29, 0.717) is 0 Å². The van der Waals surface area contributed by atoms with Gasteiger partial charge in [-0.25, -0.2) is 9.97 Å². The molecule has 0 spiro atoms. The first-order valence-corrected chi connectivity index (χ1v) is 9.50. The summed E-state index contributed by atoms with van der Waals surface area (Å²) in [6.07, 6.45) is 7.78. The van der Waals surface area contributed by atoms with Crippen LogP contribution in [0.5, 0.6) is 0 Å². The van der Waals surface area contributed by atoms with Crippen molar-refractivity contribution in [1.29, 1.82) is 0 Å². The van der Waals surface area contributed by atoms with Gasteiger partial charge in [0.2, 0.25) is 0 Å². The van der Waals surface area contributed by atoms with Crippen molar-refractivity contribution in [3.05, 3.63) is 110 Å². The molecule has 0 unspecified atom stereocenters. The number of hydrogen-bond acceptors (Lipinski definition) is 4. The van der Waals surface area contributed by atoms with E-state index in [1.54, 1.807) is 0 Å². The van der Waals surface area contributed by atoms with Crippen LogP contribution in [0.15, 0.2) is 110 Å². The summed E-state index contributed by atoms with van der Waals surface area (Å²) in [6.45, 7) is 0. The monoisotopic (exact) mass is 568 g/mol. The number of aromatic nitrogens is 2. The molecule has 0 fully saturated rings. The molecule has 0 bridgehead atoms. The quantitative estimate of drug-likeness (QED) is 0.320. The van der Waals surface area contributed by atoms with E-state index in [4.69, 9.17) is 0 Å². The molecule has 0 N–H and O–H groups in total. The fraction of sp³-hybridized carbons (Fsp3) is 0. The summed E-state index contributed by atoms with van der Waals surface area (Å²) in [4.78, 5) is 13.2. The minimum Gasteiger partial charge on any atom is -0.358 e. The maximum Gasteiger partial charge on any atom is 0.402 e. The number of pyridine rings is 2. The minimum atomic E-state index is 0. The van der Waals surface area contributed by atoms with Gasteiger partial charge in [-0.1, -0.05) is 60.7 Å². The molecule has 30 heavy (non-hydrogen) atoms. The van der Waals surface area contributed by atoms with Gasteiger partial charge in [0.15, 0.2) is 0 Å². The average molecular weight is 568 g/mol. The van der Waals surface area contributed by atoms with E-state index in [2.05, 4.69) is 46.4 Å². The molecule has 2 aromatic heterocycles. The molecule has 147 valence electrons. The van der Waals surface area contributed by atoms with Gasteiger partial charge < -0.3 is 9.62 Å². The van der Waals surface area contributed by atoms with E-state index >= 15 is 0 Å². The second kappa shape index (κ2) is 9.10. The van der Waals surface area contributed by atoms with Gasteiger partial charge in [0.1, 0.15) is 11.6 Å². The third-order valence-electron chi connectivity index (χ3n) is 4.88. The van der Waals surface area contributed by atoms with Gasteiger partial charge >= 0.3 is 7.55 Å². The summed E-state index contributed by atoms with van der Waals surface area (Å²) < 4.78 is 0. The Morgan fingerprint density at radius 3 is 1.30 bits per heavy atom. The van der Waals surface area contributed by atoms with E-state index in [-0.39, 0.29) is 21.1 Å². The van der Waals surface area contributed by atoms with Crippen LogP contribution in [0.1, 0.15) is 0 Å². The molecule has 4 nitrogen and oxygen atoms in total. The molecule has 6 heteroatoms. The van der Waals surface area contributed by atoms with E-state index in [0.717, 1.165) is 33.9 Å². The van der Waals surface area contributed by atoms with Gasteiger partial charge in [-0.2, -0.15) is 0 Å². The summed E-state index contributed by atoms with van der Waals surface area (Å²) in [5.41, 5.74) is 4.54. The number of rotatable bonds is 4. The molecular weight excluding hydrogens is 550 g/mol. The second-order valence-corrected chi connectivity index (χ2v) is 6.77. The molecule has 0 saturated carbocycles. The minimum absolute atomic E-state index is 0. The zero-order chi connectivity index (χ0) is 19.5. The van der Waals surface area contributed by atoms with Gasteiger partial charge in [0.05, 0.1) is 0 Å². The molecule has 1 radical (unpaired) electrons. The van der Waals surface area contributed by atoms with Crippen LogP contribution in [0, 0.1) is 0 Å². The summed E-state index contributed by atoms with van der Waals surface area (Å²) in [5.74, 6) is 1.73. The van der Waals surface area contributed by atoms with E-state index in [1.165, 1.54) is 0 Å². The Bertz CT molecular complexity index is 1030. The van der Waals surface area contributed by atoms with E-state index < -0.39 is 0 Å². The van der Waals surface area contributed by atoms with Crippen molar-refractivity contribution in [2.24, 2.45) is 0 Å². The van der Waals surface area contributed by atoms with Crippen molar-refractivity contribution in [2.45, 2.75) is 0 Å². The van der Waals surface area contributed by atoms with Gasteiger partial charge in [-0.15, -0.1) is 0 Å². The molecule has 0 saturated heterocycles. The Balaban J connectivity index is 0.00000218. The number of benzene rings is 2. The van der Waals surface area contributed by atoms with E-state index in [9.17, 15) is 0 Å². The predicted octanol–water partition coefficient (Wildman–Crippen LogP) is 5.14. The number of nitrogens with zero attached hydrogens (tertiary/aromatic N) is 4. The third kappa shape index (κ3) is 4.22. The van der Waals surface area contributed by atoms with Crippen LogP contribution in [0.3, 0.4) is 0 Å². The summed E-state index contributed by atoms with van der Waals surface area (Å²) in [7, 11) is 1.98. The molecule has 5 rings (SSSR count). The van der Waals surface area contributed by atoms with Crippen molar-refractivity contribution in [3.8, 4) is 22.3 Å². The summed E-state index contributed by atoms with van der Waals surface area (Å²) >= 11 is 0. The molecule has 0 amide bonds. The fourth-order valence-electron chi connectivity index (χ4n) is 3.31. The van der Waals surface area contributed by atoms with Crippen molar-refractivity contribution in [3.63, 3.8) is 0 Å². The maximum atomic E-state index is 4.62. The average Bonchev–Trinajstić information content (AvgIpc) is 3.31. The van der Waals surface area contributed by atoms with Crippen molar-refractivity contribution in [2.75, 3.05) is 9.62 Å². The van der Waals surface area contributed by atoms with Gasteiger partial charge in [-0.05, 0) is 35.4 Å². The van der Waals surface area contributed by atoms with Crippen LogP contribution in [0.25, 0.3) is 22.3 Å². The molecule has 0 aliphatic carbocycles.